The molecular weight excluding hydrogens is 420 g/mol. The Kier molecular flexibility index (Phi) is 4.51. The lowest BCUT2D eigenvalue weighted by atomic mass is 10.0. The highest BCUT2D eigenvalue weighted by atomic mass is 32.1. The van der Waals surface area contributed by atoms with E-state index in [4.69, 9.17) is 0 Å². The molecule has 3 heterocycles. The summed E-state index contributed by atoms with van der Waals surface area (Å²) < 4.78 is 30.5. The number of rotatable bonds is 4. The van der Waals surface area contributed by atoms with Gasteiger partial charge in [-0.15, -0.1) is 11.3 Å². The van der Waals surface area contributed by atoms with Crippen LogP contribution >= 0.6 is 11.3 Å². The number of thiazole rings is 1. The zero-order valence-electron chi connectivity index (χ0n) is 16.3. The van der Waals surface area contributed by atoms with Crippen LogP contribution in [0.4, 0.5) is 8.78 Å². The lowest BCUT2D eigenvalue weighted by Crippen LogP contribution is -2.13. The maximum Gasteiger partial charge on any atom is 0.255 e. The number of carbonyl (C=O) groups is 1. The van der Waals surface area contributed by atoms with Crippen molar-refractivity contribution >= 4 is 38.2 Å². The largest absolute Gasteiger partial charge is 0.333 e. The number of halogens is 2. The molecule has 5 nitrogen and oxygen atoms in total. The first kappa shape index (κ1) is 19.3. The van der Waals surface area contributed by atoms with E-state index in [9.17, 15) is 18.4 Å². The molecule has 0 aliphatic rings. The second-order valence-electron chi connectivity index (χ2n) is 7.17. The van der Waals surface area contributed by atoms with Crippen LogP contribution in [0.25, 0.3) is 32.2 Å². The third kappa shape index (κ3) is 3.07. The SMILES string of the molecule is CC(=O)c1c(-c2ccc[nH]c2=O)c2c3ncsc3ccc2n1Cc1ccc(F)cc1F. The summed E-state index contributed by atoms with van der Waals surface area (Å²) in [4.78, 5) is 32.6. The van der Waals surface area contributed by atoms with Gasteiger partial charge in [0.15, 0.2) is 5.78 Å². The Morgan fingerprint density at radius 3 is 2.77 bits per heavy atom. The van der Waals surface area contributed by atoms with Gasteiger partial charge in [0.2, 0.25) is 0 Å². The second-order valence-corrected chi connectivity index (χ2v) is 8.06. The normalized spacial score (nSPS) is 11.5. The van der Waals surface area contributed by atoms with Crippen molar-refractivity contribution < 1.29 is 13.6 Å². The number of aromatic amines is 1. The molecule has 0 aliphatic carbocycles. The Hall–Kier alpha value is -3.65. The van der Waals surface area contributed by atoms with E-state index in [0.717, 1.165) is 10.8 Å². The summed E-state index contributed by atoms with van der Waals surface area (Å²) in [6.45, 7) is 1.41. The molecule has 0 bridgehead atoms. The van der Waals surface area contributed by atoms with Crippen molar-refractivity contribution in [2.24, 2.45) is 0 Å². The average Bonchev–Trinajstić information content (AvgIpc) is 3.33. The van der Waals surface area contributed by atoms with Gasteiger partial charge >= 0.3 is 0 Å². The highest BCUT2D eigenvalue weighted by Gasteiger charge is 2.26. The van der Waals surface area contributed by atoms with Gasteiger partial charge < -0.3 is 9.55 Å². The predicted octanol–water partition coefficient (Wildman–Crippen LogP) is 5.14. The van der Waals surface area contributed by atoms with E-state index in [1.165, 1.54) is 36.6 Å². The van der Waals surface area contributed by atoms with Gasteiger partial charge in [0.1, 0.15) is 11.6 Å². The van der Waals surface area contributed by atoms with Gasteiger partial charge in [-0.05, 0) is 30.3 Å². The molecule has 5 aromatic rings. The molecule has 0 saturated carbocycles. The van der Waals surface area contributed by atoms with Crippen molar-refractivity contribution in [1.29, 1.82) is 0 Å². The highest BCUT2D eigenvalue weighted by molar-refractivity contribution is 7.16. The topological polar surface area (TPSA) is 67.8 Å². The number of hydrogen-bond donors (Lipinski definition) is 1. The van der Waals surface area contributed by atoms with Gasteiger partial charge in [0.05, 0.1) is 33.5 Å². The summed E-state index contributed by atoms with van der Waals surface area (Å²) in [6, 6.07) is 10.4. The molecule has 1 N–H and O–H groups in total. The maximum atomic E-state index is 14.5. The molecule has 0 fully saturated rings. The van der Waals surface area contributed by atoms with Crippen LogP contribution < -0.4 is 5.56 Å². The van der Waals surface area contributed by atoms with Crippen LogP contribution in [-0.2, 0) is 6.54 Å². The molecular formula is C23H15F2N3O2S. The van der Waals surface area contributed by atoms with Crippen molar-refractivity contribution in [3.8, 4) is 11.1 Å². The van der Waals surface area contributed by atoms with Crippen molar-refractivity contribution in [2.45, 2.75) is 13.5 Å². The van der Waals surface area contributed by atoms with Crippen LogP contribution in [0.3, 0.4) is 0 Å². The fourth-order valence-corrected chi connectivity index (χ4v) is 4.68. The number of fused-ring (bicyclic) bond motifs is 3. The minimum atomic E-state index is -0.704. The number of nitrogens with one attached hydrogen (secondary N) is 1. The number of nitrogens with zero attached hydrogens (tertiary/aromatic N) is 2. The first-order valence-corrected chi connectivity index (χ1v) is 10.3. The van der Waals surface area contributed by atoms with Gasteiger partial charge in [-0.3, -0.25) is 9.59 Å². The minimum absolute atomic E-state index is 0.00207. The van der Waals surface area contributed by atoms with Gasteiger partial charge in [0.25, 0.3) is 5.56 Å². The highest BCUT2D eigenvalue weighted by Crippen LogP contribution is 2.39. The summed E-state index contributed by atoms with van der Waals surface area (Å²) in [5.74, 6) is -1.66. The van der Waals surface area contributed by atoms with Crippen LogP contribution in [0.5, 0.6) is 0 Å². The molecule has 0 unspecified atom stereocenters. The van der Waals surface area contributed by atoms with Crippen molar-refractivity contribution in [2.75, 3.05) is 0 Å². The number of benzene rings is 2. The van der Waals surface area contributed by atoms with Crippen LogP contribution in [0.2, 0.25) is 0 Å². The Morgan fingerprint density at radius 2 is 2.03 bits per heavy atom. The van der Waals surface area contributed by atoms with E-state index in [1.54, 1.807) is 22.2 Å². The zero-order chi connectivity index (χ0) is 21.7. The molecule has 0 atom stereocenters. The van der Waals surface area contributed by atoms with Gasteiger partial charge in [-0.2, -0.15) is 0 Å². The molecule has 154 valence electrons. The summed E-state index contributed by atoms with van der Waals surface area (Å²) in [5, 5.41) is 0.656. The number of hydrogen-bond acceptors (Lipinski definition) is 4. The third-order valence-electron chi connectivity index (χ3n) is 5.29. The van der Waals surface area contributed by atoms with Crippen LogP contribution in [0, 0.1) is 11.6 Å². The summed E-state index contributed by atoms with van der Waals surface area (Å²) in [5.41, 5.74) is 3.97. The van der Waals surface area contributed by atoms with Crippen molar-refractivity contribution in [1.82, 2.24) is 14.5 Å². The second kappa shape index (κ2) is 7.24. The quantitative estimate of drug-likeness (QED) is 0.398. The molecule has 0 spiro atoms. The Morgan fingerprint density at radius 1 is 1.19 bits per heavy atom. The predicted molar refractivity (Wildman–Crippen MR) is 117 cm³/mol. The lowest BCUT2D eigenvalue weighted by Gasteiger charge is -2.11. The Balaban J connectivity index is 1.92. The van der Waals surface area contributed by atoms with E-state index in [2.05, 4.69) is 9.97 Å². The first-order valence-electron chi connectivity index (χ1n) is 9.47. The fourth-order valence-electron chi connectivity index (χ4n) is 4.00. The smallest absolute Gasteiger partial charge is 0.255 e. The standard InChI is InChI=1S/C23H15F2N3O2S/c1-12(29)22-19(15-3-2-8-26-23(15)30)20-17(6-7-18-21(20)27-11-31-18)28(22)10-13-4-5-14(24)9-16(13)25/h2-9,11H,10H2,1H3,(H,26,30). The fraction of sp³-hybridized carbons (Fsp3) is 0.0870. The number of pyridine rings is 1. The van der Waals surface area contributed by atoms with Crippen molar-refractivity contribution in [3.05, 3.63) is 87.4 Å². The molecule has 0 radical (unpaired) electrons. The number of H-pyrrole nitrogens is 1. The summed E-state index contributed by atoms with van der Waals surface area (Å²) in [6.07, 6.45) is 1.52. The third-order valence-corrected chi connectivity index (χ3v) is 6.09. The van der Waals surface area contributed by atoms with Gasteiger partial charge in [0, 0.05) is 41.3 Å². The molecule has 5 rings (SSSR count). The molecule has 31 heavy (non-hydrogen) atoms. The first-order chi connectivity index (χ1) is 15.0. The number of ketones is 1. The lowest BCUT2D eigenvalue weighted by molar-refractivity contribution is 0.101. The molecule has 0 aliphatic heterocycles. The molecule has 2 aromatic carbocycles. The number of carbonyl (C=O) groups excluding carboxylic acids is 1. The van der Waals surface area contributed by atoms with E-state index in [1.807, 2.05) is 12.1 Å². The molecule has 0 amide bonds. The monoisotopic (exact) mass is 435 g/mol. The van der Waals surface area contributed by atoms with Crippen LogP contribution in [0.15, 0.2) is 59.0 Å². The maximum absolute atomic E-state index is 14.5. The minimum Gasteiger partial charge on any atom is -0.333 e. The average molecular weight is 435 g/mol. The summed E-state index contributed by atoms with van der Waals surface area (Å²) >= 11 is 1.45. The van der Waals surface area contributed by atoms with Gasteiger partial charge in [-0.1, -0.05) is 6.07 Å². The van der Waals surface area contributed by atoms with E-state index in [0.29, 0.717) is 27.5 Å². The number of Topliss-reactive ketones (excluding diaryl/α,β-unsaturated/α-hetero) is 1. The van der Waals surface area contributed by atoms with E-state index >= 15 is 0 Å². The van der Waals surface area contributed by atoms with E-state index in [-0.39, 0.29) is 29.1 Å². The summed E-state index contributed by atoms with van der Waals surface area (Å²) in [7, 11) is 0. The van der Waals surface area contributed by atoms with Crippen LogP contribution in [0.1, 0.15) is 23.0 Å². The van der Waals surface area contributed by atoms with Gasteiger partial charge in [-0.25, -0.2) is 13.8 Å². The molecule has 3 aromatic heterocycles. The number of aromatic nitrogens is 3. The molecule has 8 heteroatoms. The van der Waals surface area contributed by atoms with E-state index < -0.39 is 11.6 Å². The Labute approximate surface area is 178 Å². The molecule has 0 saturated heterocycles. The Bertz CT molecular complexity index is 1550. The zero-order valence-corrected chi connectivity index (χ0v) is 17.1. The van der Waals surface area contributed by atoms with Crippen LogP contribution in [-0.4, -0.2) is 20.3 Å². The van der Waals surface area contributed by atoms with Crippen molar-refractivity contribution in [3.63, 3.8) is 0 Å².